The van der Waals surface area contributed by atoms with Gasteiger partial charge in [-0.25, -0.2) is 0 Å². The Morgan fingerprint density at radius 3 is 1.71 bits per heavy atom. The van der Waals surface area contributed by atoms with Crippen LogP contribution in [0.25, 0.3) is 0 Å². The maximum atomic E-state index is 12.2. The second kappa shape index (κ2) is 32.8. The van der Waals surface area contributed by atoms with Gasteiger partial charge in [-0.1, -0.05) is 168 Å². The van der Waals surface area contributed by atoms with Crippen LogP contribution < -0.4 is 0 Å². The predicted octanol–water partition coefficient (Wildman–Crippen LogP) is 11.7. The first kappa shape index (κ1) is 44.6. The van der Waals surface area contributed by atoms with Gasteiger partial charge in [-0.2, -0.15) is 0 Å². The Morgan fingerprint density at radius 2 is 1.17 bits per heavy atom. The molecule has 1 aliphatic rings. The van der Waals surface area contributed by atoms with Crippen LogP contribution in [0.2, 0.25) is 0 Å². The number of hydrogen-bond donors (Lipinski definition) is 1. The van der Waals surface area contributed by atoms with Gasteiger partial charge in [-0.15, -0.1) is 0 Å². The molecule has 1 heterocycles. The second-order valence-corrected chi connectivity index (χ2v) is 14.9. The molecule has 1 rings (SSSR count). The summed E-state index contributed by atoms with van der Waals surface area (Å²) in [7, 11) is 0. The minimum absolute atomic E-state index is 0.0702. The Balaban J connectivity index is 1.85. The highest BCUT2D eigenvalue weighted by molar-refractivity contribution is 5.70. The Hall–Kier alpha value is -1.40. The van der Waals surface area contributed by atoms with Gasteiger partial charge in [0.25, 0.3) is 0 Å². The molecule has 0 bridgehead atoms. The molecular weight excluding hydrogens is 600 g/mol. The van der Waals surface area contributed by atoms with E-state index in [1.54, 1.807) is 0 Å². The van der Waals surface area contributed by atoms with Gasteiger partial charge in [-0.3, -0.25) is 9.59 Å². The lowest BCUT2D eigenvalue weighted by molar-refractivity contribution is -0.161. The molecule has 1 saturated heterocycles. The summed E-state index contributed by atoms with van der Waals surface area (Å²) in [5, 5.41) is 9.57. The number of rotatable bonds is 36. The molecule has 0 aromatic carbocycles. The van der Waals surface area contributed by atoms with Gasteiger partial charge in [0.15, 0.2) is 6.10 Å². The van der Waals surface area contributed by atoms with Crippen LogP contribution in [-0.2, 0) is 23.8 Å². The van der Waals surface area contributed by atoms with Crippen molar-refractivity contribution in [3.05, 3.63) is 12.2 Å². The summed E-state index contributed by atoms with van der Waals surface area (Å²) in [5.74, 6) is 0.250. The number of allylic oxidation sites excluding steroid dienone is 1. The van der Waals surface area contributed by atoms with Gasteiger partial charge in [0, 0.05) is 12.8 Å². The number of unbranched alkanes of at least 4 members (excludes halogenated alkanes) is 21. The molecule has 0 aromatic rings. The zero-order chi connectivity index (χ0) is 34.9. The van der Waals surface area contributed by atoms with Crippen LogP contribution in [-0.4, -0.2) is 48.6 Å². The number of aliphatic hydroxyl groups is 1. The quantitative estimate of drug-likeness (QED) is 0.0307. The Labute approximate surface area is 296 Å². The molecule has 0 amide bonds. The SMILES string of the molecule is CCCCCC1OC1C/C=C\CCCCCCCC(=O)O[C@@H](CO)COC(=O)CCCCCCCCCCCCCCCCCC(C)C. The number of carbonyl (C=O) groups excluding carboxylic acids is 2. The summed E-state index contributed by atoms with van der Waals surface area (Å²) < 4.78 is 16.4. The molecule has 1 fully saturated rings. The van der Waals surface area contributed by atoms with Crippen molar-refractivity contribution in [3.8, 4) is 0 Å². The highest BCUT2D eigenvalue weighted by Gasteiger charge is 2.36. The molecule has 0 spiro atoms. The lowest BCUT2D eigenvalue weighted by Gasteiger charge is -2.15. The van der Waals surface area contributed by atoms with E-state index in [0.29, 0.717) is 25.0 Å². The predicted molar refractivity (Wildman–Crippen MR) is 200 cm³/mol. The summed E-state index contributed by atoms with van der Waals surface area (Å²) in [6, 6.07) is 0. The van der Waals surface area contributed by atoms with E-state index in [1.165, 1.54) is 116 Å². The van der Waals surface area contributed by atoms with Crippen molar-refractivity contribution < 1.29 is 28.9 Å². The third kappa shape index (κ3) is 29.5. The van der Waals surface area contributed by atoms with Gasteiger partial charge in [0.2, 0.25) is 0 Å². The fourth-order valence-electron chi connectivity index (χ4n) is 6.39. The highest BCUT2D eigenvalue weighted by Crippen LogP contribution is 2.30. The zero-order valence-electron chi connectivity index (χ0n) is 31.9. The molecule has 0 radical (unpaired) electrons. The molecule has 6 heteroatoms. The highest BCUT2D eigenvalue weighted by atomic mass is 16.6. The van der Waals surface area contributed by atoms with Crippen LogP contribution in [0.5, 0.6) is 0 Å². The molecule has 0 aliphatic carbocycles. The van der Waals surface area contributed by atoms with Crippen LogP contribution in [0.15, 0.2) is 12.2 Å². The lowest BCUT2D eigenvalue weighted by atomic mass is 10.0. The normalized spacial score (nSPS) is 16.5. The van der Waals surface area contributed by atoms with Crippen LogP contribution in [0.1, 0.15) is 207 Å². The van der Waals surface area contributed by atoms with E-state index in [-0.39, 0.29) is 25.2 Å². The number of aliphatic hydroxyl groups excluding tert-OH is 1. The number of carbonyl (C=O) groups is 2. The van der Waals surface area contributed by atoms with E-state index in [4.69, 9.17) is 14.2 Å². The molecule has 6 nitrogen and oxygen atoms in total. The molecule has 48 heavy (non-hydrogen) atoms. The van der Waals surface area contributed by atoms with E-state index in [0.717, 1.165) is 63.7 Å². The third-order valence-electron chi connectivity index (χ3n) is 9.66. The third-order valence-corrected chi connectivity index (χ3v) is 9.66. The first-order chi connectivity index (χ1) is 23.5. The molecular formula is C42H78O6. The molecule has 1 N–H and O–H groups in total. The fourth-order valence-corrected chi connectivity index (χ4v) is 6.39. The average molecular weight is 679 g/mol. The van der Waals surface area contributed by atoms with Crippen molar-refractivity contribution in [2.75, 3.05) is 13.2 Å². The van der Waals surface area contributed by atoms with Gasteiger partial charge < -0.3 is 19.3 Å². The monoisotopic (exact) mass is 679 g/mol. The van der Waals surface area contributed by atoms with Crippen molar-refractivity contribution in [1.82, 2.24) is 0 Å². The van der Waals surface area contributed by atoms with Gasteiger partial charge in [0.05, 0.1) is 18.8 Å². The Morgan fingerprint density at radius 1 is 0.646 bits per heavy atom. The van der Waals surface area contributed by atoms with Crippen molar-refractivity contribution in [2.24, 2.45) is 5.92 Å². The standard InChI is InChI=1S/C42H78O6/c1-4-5-25-31-39-40(48-39)32-27-22-18-15-16-20-24-29-34-42(45)47-38(35-43)36-46-41(44)33-28-23-19-14-12-10-8-6-7-9-11-13-17-21-26-30-37(2)3/h22,27,37-40,43H,4-21,23-26,28-36H2,1-3H3/b27-22-/t38-,39?,40?/m0/s1. The Bertz CT molecular complexity index is 765. The van der Waals surface area contributed by atoms with Gasteiger partial charge >= 0.3 is 11.9 Å². The summed E-state index contributed by atoms with van der Waals surface area (Å²) >= 11 is 0. The summed E-state index contributed by atoms with van der Waals surface area (Å²) in [5.41, 5.74) is 0. The van der Waals surface area contributed by atoms with Crippen LogP contribution in [0, 0.1) is 5.92 Å². The summed E-state index contributed by atoms with van der Waals surface area (Å²) in [6.45, 7) is 6.47. The number of esters is 2. The zero-order valence-corrected chi connectivity index (χ0v) is 31.9. The van der Waals surface area contributed by atoms with Crippen molar-refractivity contribution in [3.63, 3.8) is 0 Å². The van der Waals surface area contributed by atoms with Crippen LogP contribution in [0.3, 0.4) is 0 Å². The molecule has 282 valence electrons. The van der Waals surface area contributed by atoms with Crippen LogP contribution in [0.4, 0.5) is 0 Å². The molecule has 3 atom stereocenters. The van der Waals surface area contributed by atoms with E-state index in [9.17, 15) is 14.7 Å². The van der Waals surface area contributed by atoms with Crippen molar-refractivity contribution >= 4 is 11.9 Å². The smallest absolute Gasteiger partial charge is 0.306 e. The van der Waals surface area contributed by atoms with Crippen LogP contribution >= 0.6 is 0 Å². The van der Waals surface area contributed by atoms with Gasteiger partial charge in [0.1, 0.15) is 6.61 Å². The average Bonchev–Trinajstić information content (AvgIpc) is 3.82. The number of epoxide rings is 1. The molecule has 0 aromatic heterocycles. The maximum Gasteiger partial charge on any atom is 0.306 e. The van der Waals surface area contributed by atoms with Gasteiger partial charge in [-0.05, 0) is 44.4 Å². The molecule has 0 saturated carbocycles. The van der Waals surface area contributed by atoms with Crippen molar-refractivity contribution in [2.45, 2.75) is 225 Å². The number of ether oxygens (including phenoxy) is 3. The first-order valence-corrected chi connectivity index (χ1v) is 20.7. The second-order valence-electron chi connectivity index (χ2n) is 14.9. The van der Waals surface area contributed by atoms with Crippen molar-refractivity contribution in [1.29, 1.82) is 0 Å². The van der Waals surface area contributed by atoms with E-state index in [1.807, 2.05) is 0 Å². The first-order valence-electron chi connectivity index (χ1n) is 20.7. The fraction of sp³-hybridized carbons (Fsp3) is 0.905. The summed E-state index contributed by atoms with van der Waals surface area (Å²) in [4.78, 5) is 24.3. The Kier molecular flexibility index (Phi) is 30.5. The minimum atomic E-state index is -0.777. The largest absolute Gasteiger partial charge is 0.462 e. The number of hydrogen-bond acceptors (Lipinski definition) is 6. The van der Waals surface area contributed by atoms with E-state index < -0.39 is 6.10 Å². The minimum Gasteiger partial charge on any atom is -0.462 e. The maximum absolute atomic E-state index is 12.2. The topological polar surface area (TPSA) is 85.4 Å². The van der Waals surface area contributed by atoms with E-state index in [2.05, 4.69) is 32.9 Å². The molecule has 1 aliphatic heterocycles. The van der Waals surface area contributed by atoms with E-state index >= 15 is 0 Å². The molecule has 2 unspecified atom stereocenters. The lowest BCUT2D eigenvalue weighted by Crippen LogP contribution is -2.28. The summed E-state index contributed by atoms with van der Waals surface area (Å²) in [6.07, 6.45) is 38.7.